The first-order valence-corrected chi connectivity index (χ1v) is 10.0. The molecule has 2 aromatic rings. The first-order chi connectivity index (χ1) is 13.3. The Morgan fingerprint density at radius 3 is 2.59 bits per heavy atom. The molecule has 0 atom stereocenters. The summed E-state index contributed by atoms with van der Waals surface area (Å²) in [4.78, 5) is 17.3. The Bertz CT molecular complexity index is 796. The van der Waals surface area contributed by atoms with Crippen LogP contribution < -0.4 is 9.64 Å². The molecule has 142 valence electrons. The van der Waals surface area contributed by atoms with Gasteiger partial charge in [0.1, 0.15) is 5.75 Å². The van der Waals surface area contributed by atoms with E-state index in [1.165, 1.54) is 11.3 Å². The number of carbonyl (C=O) groups excluding carboxylic acids is 1. The Balaban J connectivity index is 1.30. The van der Waals surface area contributed by atoms with E-state index in [0.717, 1.165) is 56.6 Å². The monoisotopic (exact) mass is 364 g/mol. The number of benzene rings is 2. The van der Waals surface area contributed by atoms with Gasteiger partial charge in [0.15, 0.2) is 0 Å². The largest absolute Gasteiger partial charge is 0.496 e. The van der Waals surface area contributed by atoms with Crippen LogP contribution in [-0.2, 0) is 17.6 Å². The Labute approximate surface area is 161 Å². The maximum atomic E-state index is 12.7. The van der Waals surface area contributed by atoms with Gasteiger partial charge in [0.2, 0.25) is 5.91 Å². The van der Waals surface area contributed by atoms with Crippen molar-refractivity contribution in [2.75, 3.05) is 31.6 Å². The lowest BCUT2D eigenvalue weighted by Crippen LogP contribution is -2.46. The van der Waals surface area contributed by atoms with Gasteiger partial charge >= 0.3 is 0 Å². The number of methoxy groups -OCH3 is 1. The molecule has 4 nitrogen and oxygen atoms in total. The van der Waals surface area contributed by atoms with Gasteiger partial charge < -0.3 is 14.5 Å². The number of hydrogen-bond acceptors (Lipinski definition) is 3. The minimum absolute atomic E-state index is 0.265. The summed E-state index contributed by atoms with van der Waals surface area (Å²) < 4.78 is 5.39. The molecule has 0 radical (unpaired) electrons. The molecule has 0 bridgehead atoms. The van der Waals surface area contributed by atoms with E-state index in [-0.39, 0.29) is 5.91 Å². The zero-order valence-corrected chi connectivity index (χ0v) is 16.1. The van der Waals surface area contributed by atoms with Crippen LogP contribution in [0.2, 0.25) is 0 Å². The molecule has 4 rings (SSSR count). The molecule has 4 heteroatoms. The highest BCUT2D eigenvalue weighted by Crippen LogP contribution is 2.32. The molecule has 0 spiro atoms. The number of carbonyl (C=O) groups is 1. The molecule has 2 heterocycles. The van der Waals surface area contributed by atoms with Crippen LogP contribution in [0.15, 0.2) is 48.5 Å². The number of rotatable bonds is 5. The van der Waals surface area contributed by atoms with Gasteiger partial charge in [-0.1, -0.05) is 36.4 Å². The number of fused-ring (bicyclic) bond motifs is 1. The van der Waals surface area contributed by atoms with Crippen molar-refractivity contribution in [1.82, 2.24) is 4.90 Å². The van der Waals surface area contributed by atoms with E-state index >= 15 is 0 Å². The Morgan fingerprint density at radius 1 is 1.04 bits per heavy atom. The van der Waals surface area contributed by atoms with E-state index in [9.17, 15) is 4.79 Å². The molecule has 2 aromatic carbocycles. The molecule has 1 amide bonds. The maximum absolute atomic E-state index is 12.7. The van der Waals surface area contributed by atoms with Crippen molar-refractivity contribution >= 4 is 11.6 Å². The highest BCUT2D eigenvalue weighted by atomic mass is 16.5. The summed E-state index contributed by atoms with van der Waals surface area (Å²) in [5.41, 5.74) is 3.98. The fourth-order valence-electron chi connectivity index (χ4n) is 4.48. The summed E-state index contributed by atoms with van der Waals surface area (Å²) in [5, 5.41) is 0. The van der Waals surface area contributed by atoms with E-state index in [0.29, 0.717) is 12.5 Å². The van der Waals surface area contributed by atoms with Crippen molar-refractivity contribution in [3.8, 4) is 5.75 Å². The summed E-state index contributed by atoms with van der Waals surface area (Å²) >= 11 is 0. The predicted molar refractivity (Wildman–Crippen MR) is 108 cm³/mol. The number of piperidine rings is 1. The fraction of sp³-hybridized carbons (Fsp3) is 0.435. The topological polar surface area (TPSA) is 32.8 Å². The van der Waals surface area contributed by atoms with Gasteiger partial charge in [-0.25, -0.2) is 0 Å². The smallest absolute Gasteiger partial charge is 0.222 e. The van der Waals surface area contributed by atoms with Crippen LogP contribution in [0.4, 0.5) is 5.69 Å². The van der Waals surface area contributed by atoms with E-state index in [1.807, 2.05) is 29.2 Å². The molecule has 0 aliphatic carbocycles. The molecule has 2 aliphatic rings. The first-order valence-electron chi connectivity index (χ1n) is 10.0. The number of aryl methyl sites for hydroxylation is 1. The summed E-state index contributed by atoms with van der Waals surface area (Å²) in [5.74, 6) is 1.14. The molecule has 0 aromatic heterocycles. The number of anilines is 1. The molecule has 1 saturated heterocycles. The average molecular weight is 364 g/mol. The summed E-state index contributed by atoms with van der Waals surface area (Å²) in [7, 11) is 1.68. The van der Waals surface area contributed by atoms with E-state index in [1.54, 1.807) is 7.11 Å². The summed E-state index contributed by atoms with van der Waals surface area (Å²) in [6, 6.07) is 17.3. The first kappa shape index (κ1) is 17.9. The fourth-order valence-corrected chi connectivity index (χ4v) is 4.48. The highest BCUT2D eigenvalue weighted by molar-refractivity contribution is 5.76. The quantitative estimate of drug-likeness (QED) is 0.811. The molecule has 27 heavy (non-hydrogen) atoms. The minimum Gasteiger partial charge on any atom is -0.496 e. The van der Waals surface area contributed by atoms with Crippen LogP contribution in [0.3, 0.4) is 0 Å². The van der Waals surface area contributed by atoms with Crippen LogP contribution in [-0.4, -0.2) is 43.6 Å². The van der Waals surface area contributed by atoms with Gasteiger partial charge in [0, 0.05) is 37.8 Å². The molecule has 0 unspecified atom stereocenters. The van der Waals surface area contributed by atoms with E-state index < -0.39 is 0 Å². The third kappa shape index (κ3) is 3.80. The average Bonchev–Trinajstić information content (AvgIpc) is 3.16. The zero-order chi connectivity index (χ0) is 18.6. The molecule has 0 N–H and O–H groups in total. The number of para-hydroxylation sites is 2. The second kappa shape index (κ2) is 8.03. The van der Waals surface area contributed by atoms with Crippen molar-refractivity contribution in [2.24, 2.45) is 0 Å². The standard InChI is InChI=1S/C23H28N2O2/c1-27-22-9-5-3-7-19(22)10-11-23(26)24-15-13-20(14-16-24)25-17-12-18-6-2-4-8-21(18)25/h2-9,20H,10-17H2,1H3. The number of ether oxygens (including phenoxy) is 1. The van der Waals surface area contributed by atoms with Crippen LogP contribution in [0, 0.1) is 0 Å². The number of nitrogens with zero attached hydrogens (tertiary/aromatic N) is 2. The number of amides is 1. The maximum Gasteiger partial charge on any atom is 0.222 e. The zero-order valence-electron chi connectivity index (χ0n) is 16.1. The lowest BCUT2D eigenvalue weighted by Gasteiger charge is -2.38. The third-order valence-corrected chi connectivity index (χ3v) is 5.98. The second-order valence-electron chi connectivity index (χ2n) is 7.50. The van der Waals surface area contributed by atoms with E-state index in [2.05, 4.69) is 29.2 Å². The lowest BCUT2D eigenvalue weighted by atomic mass is 10.0. The highest BCUT2D eigenvalue weighted by Gasteiger charge is 2.30. The molecular weight excluding hydrogens is 336 g/mol. The Morgan fingerprint density at radius 2 is 1.78 bits per heavy atom. The Kier molecular flexibility index (Phi) is 5.33. The Hall–Kier alpha value is -2.49. The predicted octanol–water partition coefficient (Wildman–Crippen LogP) is 3.68. The number of hydrogen-bond donors (Lipinski definition) is 0. The molecule has 1 fully saturated rings. The van der Waals surface area contributed by atoms with Crippen molar-refractivity contribution in [2.45, 2.75) is 38.1 Å². The van der Waals surface area contributed by atoms with Gasteiger partial charge in [0.25, 0.3) is 0 Å². The van der Waals surface area contributed by atoms with Crippen molar-refractivity contribution in [3.05, 3.63) is 59.7 Å². The van der Waals surface area contributed by atoms with Crippen molar-refractivity contribution in [1.29, 1.82) is 0 Å². The van der Waals surface area contributed by atoms with Gasteiger partial charge in [-0.05, 0) is 48.9 Å². The molecular formula is C23H28N2O2. The van der Waals surface area contributed by atoms with Crippen LogP contribution in [0.1, 0.15) is 30.4 Å². The minimum atomic E-state index is 0.265. The van der Waals surface area contributed by atoms with Gasteiger partial charge in [-0.3, -0.25) is 4.79 Å². The second-order valence-corrected chi connectivity index (χ2v) is 7.50. The summed E-state index contributed by atoms with van der Waals surface area (Å²) in [6.07, 6.45) is 4.57. The van der Waals surface area contributed by atoms with Gasteiger partial charge in [0.05, 0.1) is 7.11 Å². The van der Waals surface area contributed by atoms with Crippen LogP contribution in [0.5, 0.6) is 5.75 Å². The summed E-state index contributed by atoms with van der Waals surface area (Å²) in [6.45, 7) is 2.86. The number of likely N-dealkylation sites (tertiary alicyclic amines) is 1. The van der Waals surface area contributed by atoms with Crippen molar-refractivity contribution < 1.29 is 9.53 Å². The lowest BCUT2D eigenvalue weighted by molar-refractivity contribution is -0.132. The van der Waals surface area contributed by atoms with E-state index in [4.69, 9.17) is 4.74 Å². The molecule has 2 aliphatic heterocycles. The van der Waals surface area contributed by atoms with Crippen LogP contribution in [0.25, 0.3) is 0 Å². The SMILES string of the molecule is COc1ccccc1CCC(=O)N1CCC(N2CCc3ccccc32)CC1. The molecule has 0 saturated carbocycles. The van der Waals surface area contributed by atoms with Gasteiger partial charge in [-0.2, -0.15) is 0 Å². The normalized spacial score (nSPS) is 17.1. The van der Waals surface area contributed by atoms with Crippen molar-refractivity contribution in [3.63, 3.8) is 0 Å². The third-order valence-electron chi connectivity index (χ3n) is 5.98. The van der Waals surface area contributed by atoms with Crippen LogP contribution >= 0.6 is 0 Å². The van der Waals surface area contributed by atoms with Gasteiger partial charge in [-0.15, -0.1) is 0 Å².